The van der Waals surface area contributed by atoms with E-state index in [0.717, 1.165) is 36.8 Å². The van der Waals surface area contributed by atoms with E-state index in [9.17, 15) is 4.79 Å². The number of nitrogens with one attached hydrogen (secondary N) is 1. The van der Waals surface area contributed by atoms with E-state index >= 15 is 0 Å². The normalized spacial score (nSPS) is 16.4. The first-order chi connectivity index (χ1) is 12.3. The highest BCUT2D eigenvalue weighted by Gasteiger charge is 2.20. The van der Waals surface area contributed by atoms with E-state index < -0.39 is 0 Å². The topological polar surface area (TPSA) is 74.5 Å². The molecule has 0 bridgehead atoms. The standard InChI is InChI=1S/C18H25N5O2S/c1-18(2,3)14-12-19-15(25-14)6-5-13-11-20-16(26-13)21-17(24)23-9-7-22(4)8-10-23/h5-6,11-12H,7-10H2,1-4H3,(H,20,21,24). The second-order valence-electron chi connectivity index (χ2n) is 7.43. The number of amides is 2. The summed E-state index contributed by atoms with van der Waals surface area (Å²) in [5.74, 6) is 1.41. The Morgan fingerprint density at radius 2 is 1.92 bits per heavy atom. The molecule has 0 spiro atoms. The first-order valence-corrected chi connectivity index (χ1v) is 9.47. The zero-order chi connectivity index (χ0) is 18.7. The highest BCUT2D eigenvalue weighted by molar-refractivity contribution is 7.16. The largest absolute Gasteiger partial charge is 0.441 e. The van der Waals surface area contributed by atoms with Crippen molar-refractivity contribution in [3.8, 4) is 0 Å². The molecule has 1 fully saturated rings. The van der Waals surface area contributed by atoms with E-state index in [1.807, 2.05) is 17.1 Å². The van der Waals surface area contributed by atoms with Crippen LogP contribution in [0, 0.1) is 0 Å². The van der Waals surface area contributed by atoms with Crippen molar-refractivity contribution in [2.45, 2.75) is 26.2 Å². The minimum atomic E-state index is -0.0921. The summed E-state index contributed by atoms with van der Waals surface area (Å²) in [6, 6.07) is -0.0921. The molecule has 0 aliphatic carbocycles. The Labute approximate surface area is 157 Å². The third-order valence-electron chi connectivity index (χ3n) is 4.18. The van der Waals surface area contributed by atoms with Gasteiger partial charge >= 0.3 is 6.03 Å². The van der Waals surface area contributed by atoms with Crippen LogP contribution in [0.5, 0.6) is 0 Å². The number of carbonyl (C=O) groups excluding carboxylic acids is 1. The van der Waals surface area contributed by atoms with Crippen LogP contribution in [0.3, 0.4) is 0 Å². The van der Waals surface area contributed by atoms with Crippen molar-refractivity contribution in [1.82, 2.24) is 19.8 Å². The van der Waals surface area contributed by atoms with Gasteiger partial charge in [-0.15, -0.1) is 0 Å². The van der Waals surface area contributed by atoms with Crippen molar-refractivity contribution in [1.29, 1.82) is 0 Å². The number of aromatic nitrogens is 2. The lowest BCUT2D eigenvalue weighted by molar-refractivity contribution is 0.164. The van der Waals surface area contributed by atoms with E-state index in [2.05, 4.69) is 48.0 Å². The van der Waals surface area contributed by atoms with Crippen LogP contribution in [0.1, 0.15) is 37.3 Å². The molecule has 2 amide bonds. The molecule has 0 saturated carbocycles. The molecule has 8 heteroatoms. The van der Waals surface area contributed by atoms with E-state index in [4.69, 9.17) is 4.42 Å². The molecule has 0 atom stereocenters. The Bertz CT molecular complexity index is 782. The van der Waals surface area contributed by atoms with Crippen molar-refractivity contribution in [2.24, 2.45) is 0 Å². The summed E-state index contributed by atoms with van der Waals surface area (Å²) in [5, 5.41) is 3.47. The minimum absolute atomic E-state index is 0.0652. The number of likely N-dealkylation sites (N-methyl/N-ethyl adjacent to an activating group) is 1. The molecule has 2 aromatic heterocycles. The van der Waals surface area contributed by atoms with Crippen LogP contribution in [0.2, 0.25) is 0 Å². The predicted molar refractivity (Wildman–Crippen MR) is 104 cm³/mol. The monoisotopic (exact) mass is 375 g/mol. The first-order valence-electron chi connectivity index (χ1n) is 8.66. The van der Waals surface area contributed by atoms with E-state index in [-0.39, 0.29) is 11.4 Å². The number of nitrogens with zero attached hydrogens (tertiary/aromatic N) is 4. The zero-order valence-electron chi connectivity index (χ0n) is 15.7. The molecule has 140 valence electrons. The fraction of sp³-hybridized carbons (Fsp3) is 0.500. The van der Waals surface area contributed by atoms with Gasteiger partial charge in [0.05, 0.1) is 6.20 Å². The Morgan fingerprint density at radius 1 is 1.19 bits per heavy atom. The first kappa shape index (κ1) is 18.6. The minimum Gasteiger partial charge on any atom is -0.441 e. The van der Waals surface area contributed by atoms with Gasteiger partial charge in [0.1, 0.15) is 5.76 Å². The Hall–Kier alpha value is -2.19. The molecule has 1 aliphatic heterocycles. The molecule has 0 radical (unpaired) electrons. The van der Waals surface area contributed by atoms with Crippen LogP contribution < -0.4 is 5.32 Å². The van der Waals surface area contributed by atoms with Gasteiger partial charge in [-0.05, 0) is 13.1 Å². The van der Waals surface area contributed by atoms with Gasteiger partial charge in [0.15, 0.2) is 5.13 Å². The van der Waals surface area contributed by atoms with E-state index in [0.29, 0.717) is 11.0 Å². The number of thiazole rings is 1. The highest BCUT2D eigenvalue weighted by Crippen LogP contribution is 2.24. The Kier molecular flexibility index (Phi) is 5.43. The van der Waals surface area contributed by atoms with Gasteiger partial charge in [0, 0.05) is 48.7 Å². The van der Waals surface area contributed by atoms with Crippen LogP contribution >= 0.6 is 11.3 Å². The van der Waals surface area contributed by atoms with E-state index in [1.165, 1.54) is 11.3 Å². The van der Waals surface area contributed by atoms with Crippen LogP contribution in [0.25, 0.3) is 12.2 Å². The van der Waals surface area contributed by atoms with Gasteiger partial charge in [-0.2, -0.15) is 0 Å². The lowest BCUT2D eigenvalue weighted by atomic mass is 9.94. The summed E-state index contributed by atoms with van der Waals surface area (Å²) in [4.78, 5) is 25.8. The van der Waals surface area contributed by atoms with Crippen molar-refractivity contribution in [2.75, 3.05) is 38.5 Å². The van der Waals surface area contributed by atoms with Gasteiger partial charge in [-0.25, -0.2) is 14.8 Å². The smallest absolute Gasteiger partial charge is 0.323 e. The number of carbonyl (C=O) groups is 1. The SMILES string of the molecule is CN1CCN(C(=O)Nc2ncc(C=Cc3ncc(C(C)(C)C)o3)s2)CC1. The molecule has 3 rings (SSSR count). The number of urea groups is 1. The summed E-state index contributed by atoms with van der Waals surface area (Å²) in [7, 11) is 2.06. The fourth-order valence-electron chi connectivity index (χ4n) is 2.47. The molecule has 26 heavy (non-hydrogen) atoms. The van der Waals surface area contributed by atoms with Crippen LogP contribution in [0.4, 0.5) is 9.93 Å². The number of hydrogen-bond donors (Lipinski definition) is 1. The summed E-state index contributed by atoms with van der Waals surface area (Å²) < 4.78 is 5.74. The molecule has 0 aromatic carbocycles. The fourth-order valence-corrected chi connectivity index (χ4v) is 3.17. The van der Waals surface area contributed by atoms with Gasteiger partial charge in [-0.3, -0.25) is 5.32 Å². The summed E-state index contributed by atoms with van der Waals surface area (Å²) in [6.07, 6.45) is 7.19. The summed E-state index contributed by atoms with van der Waals surface area (Å²) in [6.45, 7) is 9.51. The maximum absolute atomic E-state index is 12.3. The molecule has 3 heterocycles. The van der Waals surface area contributed by atoms with Crippen molar-refractivity contribution < 1.29 is 9.21 Å². The second kappa shape index (κ2) is 7.59. The molecule has 1 saturated heterocycles. The summed E-state index contributed by atoms with van der Waals surface area (Å²) >= 11 is 1.42. The molecule has 2 aromatic rings. The molecule has 0 unspecified atom stereocenters. The van der Waals surface area contributed by atoms with Crippen molar-refractivity contribution >= 4 is 34.7 Å². The van der Waals surface area contributed by atoms with Crippen LogP contribution in [0.15, 0.2) is 16.8 Å². The number of oxazole rings is 1. The predicted octanol–water partition coefficient (Wildman–Crippen LogP) is 3.38. The van der Waals surface area contributed by atoms with Gasteiger partial charge in [0.25, 0.3) is 0 Å². The number of anilines is 1. The Morgan fingerprint density at radius 3 is 2.58 bits per heavy atom. The van der Waals surface area contributed by atoms with Crippen molar-refractivity contribution in [3.63, 3.8) is 0 Å². The highest BCUT2D eigenvalue weighted by atomic mass is 32.1. The molecular formula is C18H25N5O2S. The number of rotatable bonds is 3. The third-order valence-corrected chi connectivity index (χ3v) is 5.06. The van der Waals surface area contributed by atoms with Crippen LogP contribution in [-0.4, -0.2) is 59.0 Å². The zero-order valence-corrected chi connectivity index (χ0v) is 16.5. The lowest BCUT2D eigenvalue weighted by Crippen LogP contribution is -2.48. The Balaban J connectivity index is 1.57. The average Bonchev–Trinajstić information content (AvgIpc) is 3.22. The van der Waals surface area contributed by atoms with Crippen LogP contribution in [-0.2, 0) is 5.41 Å². The molecular weight excluding hydrogens is 350 g/mol. The van der Waals surface area contributed by atoms with Gasteiger partial charge in [-0.1, -0.05) is 32.1 Å². The quantitative estimate of drug-likeness (QED) is 0.890. The second-order valence-corrected chi connectivity index (χ2v) is 8.50. The third kappa shape index (κ3) is 4.70. The average molecular weight is 375 g/mol. The number of piperazine rings is 1. The summed E-state index contributed by atoms with van der Waals surface area (Å²) in [5.41, 5.74) is -0.0652. The van der Waals surface area contributed by atoms with Gasteiger partial charge < -0.3 is 14.2 Å². The molecule has 1 aliphatic rings. The maximum atomic E-state index is 12.3. The molecule has 7 nitrogen and oxygen atoms in total. The van der Waals surface area contributed by atoms with Gasteiger partial charge in [0.2, 0.25) is 5.89 Å². The molecule has 1 N–H and O–H groups in total. The maximum Gasteiger partial charge on any atom is 0.323 e. The lowest BCUT2D eigenvalue weighted by Gasteiger charge is -2.32. The van der Waals surface area contributed by atoms with Crippen molar-refractivity contribution in [3.05, 3.63) is 28.9 Å². The van der Waals surface area contributed by atoms with E-state index in [1.54, 1.807) is 12.4 Å². The number of hydrogen-bond acceptors (Lipinski definition) is 6.